The zero-order chi connectivity index (χ0) is 18.0. The van der Waals surface area contributed by atoms with E-state index in [2.05, 4.69) is 10.3 Å². The van der Waals surface area contributed by atoms with E-state index in [1.54, 1.807) is 23.5 Å². The summed E-state index contributed by atoms with van der Waals surface area (Å²) in [6, 6.07) is 5.27. The Labute approximate surface area is 154 Å². The van der Waals surface area contributed by atoms with Gasteiger partial charge in [0.15, 0.2) is 0 Å². The highest BCUT2D eigenvalue weighted by Gasteiger charge is 2.26. The van der Waals surface area contributed by atoms with E-state index in [1.165, 1.54) is 13.2 Å². The normalized spacial score (nSPS) is 14.1. The van der Waals surface area contributed by atoms with Gasteiger partial charge in [0.2, 0.25) is 0 Å². The van der Waals surface area contributed by atoms with Gasteiger partial charge in [0.25, 0.3) is 5.91 Å². The molecule has 1 amide bonds. The standard InChI is InChI=1S/C18H16ClN3O2S/c1-10-5-15(16(24-2)7-14(10)19)22-17(23)12(8-20)6-13-9-25-18(21-13)11-3-4-11/h5-7,9,11H,3-4H2,1-2H3,(H,22,23)/b12-6-. The lowest BCUT2D eigenvalue weighted by Crippen LogP contribution is -2.14. The maximum atomic E-state index is 12.5. The molecule has 1 aromatic heterocycles. The fraction of sp³-hybridized carbons (Fsp3) is 0.278. The third-order valence-corrected chi connectivity index (χ3v) is 5.29. The molecule has 0 aliphatic heterocycles. The number of methoxy groups -OCH3 is 1. The lowest BCUT2D eigenvalue weighted by Gasteiger charge is -2.11. The number of thiazole rings is 1. The third-order valence-electron chi connectivity index (χ3n) is 3.85. The number of rotatable bonds is 5. The summed E-state index contributed by atoms with van der Waals surface area (Å²) < 4.78 is 5.24. The van der Waals surface area contributed by atoms with Gasteiger partial charge in [-0.15, -0.1) is 11.3 Å². The number of hydrogen-bond acceptors (Lipinski definition) is 5. The second-order valence-electron chi connectivity index (χ2n) is 5.81. The van der Waals surface area contributed by atoms with Crippen molar-refractivity contribution in [2.24, 2.45) is 0 Å². The molecule has 5 nitrogen and oxygen atoms in total. The first-order valence-electron chi connectivity index (χ1n) is 7.74. The molecular formula is C18H16ClN3O2S. The zero-order valence-electron chi connectivity index (χ0n) is 13.8. The number of amides is 1. The lowest BCUT2D eigenvalue weighted by atomic mass is 10.1. The number of carbonyl (C=O) groups excluding carboxylic acids is 1. The summed E-state index contributed by atoms with van der Waals surface area (Å²) in [5, 5.41) is 15.5. The topological polar surface area (TPSA) is 75.0 Å². The van der Waals surface area contributed by atoms with Gasteiger partial charge < -0.3 is 10.1 Å². The molecule has 2 aromatic rings. The fourth-order valence-corrected chi connectivity index (χ4v) is 3.40. The number of nitriles is 1. The molecule has 1 N–H and O–H groups in total. The molecule has 1 saturated carbocycles. The number of benzene rings is 1. The highest BCUT2D eigenvalue weighted by molar-refractivity contribution is 7.09. The molecule has 1 aliphatic carbocycles. The van der Waals surface area contributed by atoms with Crippen molar-refractivity contribution in [1.29, 1.82) is 5.26 Å². The van der Waals surface area contributed by atoms with Gasteiger partial charge in [-0.2, -0.15) is 5.26 Å². The number of nitrogens with zero attached hydrogens (tertiary/aromatic N) is 2. The Morgan fingerprint density at radius 3 is 2.92 bits per heavy atom. The van der Waals surface area contributed by atoms with Crippen LogP contribution in [0.5, 0.6) is 5.75 Å². The Bertz CT molecular complexity index is 894. The summed E-state index contributed by atoms with van der Waals surface area (Å²) in [4.78, 5) is 16.9. The summed E-state index contributed by atoms with van der Waals surface area (Å²) in [6.07, 6.45) is 3.84. The SMILES string of the molecule is COc1cc(Cl)c(C)cc1NC(=O)/C(C#N)=C\c1csc(C2CC2)n1. The van der Waals surface area contributed by atoms with E-state index >= 15 is 0 Å². The molecule has 7 heteroatoms. The van der Waals surface area contributed by atoms with Crippen molar-refractivity contribution < 1.29 is 9.53 Å². The molecule has 0 unspecified atom stereocenters. The van der Waals surface area contributed by atoms with Crippen molar-refractivity contribution in [3.05, 3.63) is 44.4 Å². The van der Waals surface area contributed by atoms with E-state index in [1.807, 2.05) is 18.4 Å². The van der Waals surface area contributed by atoms with E-state index in [4.69, 9.17) is 16.3 Å². The third kappa shape index (κ3) is 4.01. The summed E-state index contributed by atoms with van der Waals surface area (Å²) in [6.45, 7) is 1.83. The van der Waals surface area contributed by atoms with Crippen molar-refractivity contribution in [3.63, 3.8) is 0 Å². The highest BCUT2D eigenvalue weighted by atomic mass is 35.5. The van der Waals surface area contributed by atoms with Crippen LogP contribution in [0.2, 0.25) is 5.02 Å². The number of ether oxygens (including phenoxy) is 1. The Morgan fingerprint density at radius 1 is 1.52 bits per heavy atom. The minimum atomic E-state index is -0.511. The Hall–Kier alpha value is -2.36. The summed E-state index contributed by atoms with van der Waals surface area (Å²) in [7, 11) is 1.49. The average molecular weight is 374 g/mol. The Balaban J connectivity index is 1.81. The zero-order valence-corrected chi connectivity index (χ0v) is 15.4. The molecule has 1 fully saturated rings. The van der Waals surface area contributed by atoms with Crippen LogP contribution >= 0.6 is 22.9 Å². The Kier molecular flexibility index (Phi) is 5.07. The van der Waals surface area contributed by atoms with E-state index in [-0.39, 0.29) is 5.57 Å². The largest absolute Gasteiger partial charge is 0.495 e. The van der Waals surface area contributed by atoms with Crippen LogP contribution in [0.1, 0.15) is 35.0 Å². The predicted molar refractivity (Wildman–Crippen MR) is 99.0 cm³/mol. The summed E-state index contributed by atoms with van der Waals surface area (Å²) >= 11 is 7.63. The first-order valence-corrected chi connectivity index (χ1v) is 9.00. The first-order chi connectivity index (χ1) is 12.0. The molecule has 0 atom stereocenters. The van der Waals surface area contributed by atoms with Crippen LogP contribution < -0.4 is 10.1 Å². The number of aromatic nitrogens is 1. The average Bonchev–Trinajstić information content (AvgIpc) is 3.34. The van der Waals surface area contributed by atoms with Crippen LogP contribution in [0.4, 0.5) is 5.69 Å². The van der Waals surface area contributed by atoms with Crippen molar-refractivity contribution in [1.82, 2.24) is 4.98 Å². The maximum absolute atomic E-state index is 12.5. The molecule has 1 aliphatic rings. The molecule has 25 heavy (non-hydrogen) atoms. The highest BCUT2D eigenvalue weighted by Crippen LogP contribution is 2.41. The fourth-order valence-electron chi connectivity index (χ4n) is 2.30. The van der Waals surface area contributed by atoms with Gasteiger partial charge in [0, 0.05) is 22.4 Å². The summed E-state index contributed by atoms with van der Waals surface area (Å²) in [5.74, 6) is 0.474. The quantitative estimate of drug-likeness (QED) is 0.616. The second kappa shape index (κ2) is 7.26. The number of aryl methyl sites for hydroxylation is 1. The number of hydrogen-bond donors (Lipinski definition) is 1. The van der Waals surface area contributed by atoms with Crippen LogP contribution in [0.3, 0.4) is 0 Å². The monoisotopic (exact) mass is 373 g/mol. The molecule has 0 bridgehead atoms. The maximum Gasteiger partial charge on any atom is 0.266 e. The first kappa shape index (κ1) is 17.5. The van der Waals surface area contributed by atoms with Crippen LogP contribution in [0.15, 0.2) is 23.1 Å². The van der Waals surface area contributed by atoms with Crippen molar-refractivity contribution >= 4 is 40.6 Å². The van der Waals surface area contributed by atoms with Crippen LogP contribution in [-0.2, 0) is 4.79 Å². The van der Waals surface area contributed by atoms with E-state index in [0.717, 1.165) is 23.4 Å². The van der Waals surface area contributed by atoms with E-state index in [0.29, 0.717) is 28.1 Å². The van der Waals surface area contributed by atoms with Crippen molar-refractivity contribution in [2.75, 3.05) is 12.4 Å². The van der Waals surface area contributed by atoms with Gasteiger partial charge in [-0.1, -0.05) is 11.6 Å². The minimum Gasteiger partial charge on any atom is -0.495 e. The molecule has 3 rings (SSSR count). The predicted octanol–water partition coefficient (Wildman–Crippen LogP) is 4.54. The molecular weight excluding hydrogens is 358 g/mol. The van der Waals surface area contributed by atoms with Gasteiger partial charge >= 0.3 is 0 Å². The molecule has 1 heterocycles. The van der Waals surface area contributed by atoms with Gasteiger partial charge in [0.1, 0.15) is 17.4 Å². The van der Waals surface area contributed by atoms with Gasteiger partial charge in [-0.3, -0.25) is 4.79 Å². The lowest BCUT2D eigenvalue weighted by molar-refractivity contribution is -0.112. The number of carbonyl (C=O) groups is 1. The number of anilines is 1. The second-order valence-corrected chi connectivity index (χ2v) is 7.11. The summed E-state index contributed by atoms with van der Waals surface area (Å²) in [5.41, 5.74) is 1.89. The van der Waals surface area contributed by atoms with Crippen molar-refractivity contribution in [3.8, 4) is 11.8 Å². The van der Waals surface area contributed by atoms with Crippen LogP contribution in [-0.4, -0.2) is 18.0 Å². The molecule has 0 radical (unpaired) electrons. The molecule has 0 saturated heterocycles. The number of halogens is 1. The van der Waals surface area contributed by atoms with Crippen molar-refractivity contribution in [2.45, 2.75) is 25.7 Å². The van der Waals surface area contributed by atoms with Gasteiger partial charge in [-0.25, -0.2) is 4.98 Å². The molecule has 128 valence electrons. The van der Waals surface area contributed by atoms with E-state index in [9.17, 15) is 10.1 Å². The Morgan fingerprint density at radius 2 is 2.28 bits per heavy atom. The molecule has 0 spiro atoms. The van der Waals surface area contributed by atoms with Crippen LogP contribution in [0, 0.1) is 18.3 Å². The van der Waals surface area contributed by atoms with Crippen LogP contribution in [0.25, 0.3) is 6.08 Å². The smallest absolute Gasteiger partial charge is 0.266 e. The minimum absolute atomic E-state index is 0.0118. The van der Waals surface area contributed by atoms with E-state index < -0.39 is 5.91 Å². The number of nitrogens with one attached hydrogen (secondary N) is 1. The molecule has 1 aromatic carbocycles. The van der Waals surface area contributed by atoms with Gasteiger partial charge in [0.05, 0.1) is 23.5 Å². The van der Waals surface area contributed by atoms with Gasteiger partial charge in [-0.05, 0) is 37.5 Å².